The fourth-order valence-electron chi connectivity index (χ4n) is 3.53. The van der Waals surface area contributed by atoms with Crippen LogP contribution in [0.15, 0.2) is 54.6 Å². The second kappa shape index (κ2) is 6.04. The number of hydrogen-bond donors (Lipinski definition) is 1. The van der Waals surface area contributed by atoms with Gasteiger partial charge in [0.15, 0.2) is 0 Å². The second-order valence-corrected chi connectivity index (χ2v) is 6.20. The van der Waals surface area contributed by atoms with Crippen LogP contribution in [0, 0.1) is 0 Å². The summed E-state index contributed by atoms with van der Waals surface area (Å²) < 4.78 is 5.25. The smallest absolute Gasteiger partial charge is 0.270 e. The van der Waals surface area contributed by atoms with Gasteiger partial charge in [0.25, 0.3) is 5.91 Å². The first-order valence-electron chi connectivity index (χ1n) is 8.29. The van der Waals surface area contributed by atoms with Crippen molar-refractivity contribution in [3.05, 3.63) is 65.9 Å². The number of aromatic nitrogens is 1. The summed E-state index contributed by atoms with van der Waals surface area (Å²) in [4.78, 5) is 18.2. The fraction of sp³-hybridized carbons (Fsp3) is 0.250. The topological polar surface area (TPSA) is 45.3 Å². The number of hydrogen-bond acceptors (Lipinski definition) is 2. The Hall–Kier alpha value is -2.75. The molecule has 1 aliphatic heterocycles. The molecule has 1 atom stereocenters. The third-order valence-electron chi connectivity index (χ3n) is 4.76. The standard InChI is InChI=1S/C20H20N2O2/c1-24-16-10-9-15-12-18(21-17(15)13-16)20(23)22-11-5-8-19(22)14-6-3-2-4-7-14/h2-4,6-7,9-10,12-13,19,21H,5,8,11H2,1H3. The number of benzene rings is 2. The van der Waals surface area contributed by atoms with E-state index in [0.717, 1.165) is 36.0 Å². The van der Waals surface area contributed by atoms with Crippen LogP contribution in [0.2, 0.25) is 0 Å². The van der Waals surface area contributed by atoms with Crippen LogP contribution in [0.3, 0.4) is 0 Å². The van der Waals surface area contributed by atoms with Gasteiger partial charge in [0.2, 0.25) is 0 Å². The minimum atomic E-state index is 0.0662. The average molecular weight is 320 g/mol. The molecule has 1 fully saturated rings. The fourth-order valence-corrected chi connectivity index (χ4v) is 3.53. The highest BCUT2D eigenvalue weighted by atomic mass is 16.5. The number of ether oxygens (including phenoxy) is 1. The maximum Gasteiger partial charge on any atom is 0.270 e. The zero-order valence-electron chi connectivity index (χ0n) is 13.7. The minimum Gasteiger partial charge on any atom is -0.497 e. The maximum atomic E-state index is 13.0. The van der Waals surface area contributed by atoms with Crippen LogP contribution in [0.1, 0.15) is 34.9 Å². The van der Waals surface area contributed by atoms with E-state index in [1.165, 1.54) is 5.56 Å². The minimum absolute atomic E-state index is 0.0662. The van der Waals surface area contributed by atoms with Gasteiger partial charge in [-0.05, 0) is 36.6 Å². The highest BCUT2D eigenvalue weighted by molar-refractivity contribution is 5.98. The van der Waals surface area contributed by atoms with Crippen molar-refractivity contribution < 1.29 is 9.53 Å². The molecule has 1 aromatic heterocycles. The van der Waals surface area contributed by atoms with E-state index in [4.69, 9.17) is 4.74 Å². The largest absolute Gasteiger partial charge is 0.497 e. The lowest BCUT2D eigenvalue weighted by Crippen LogP contribution is -2.30. The van der Waals surface area contributed by atoms with Gasteiger partial charge in [-0.25, -0.2) is 0 Å². The maximum absolute atomic E-state index is 13.0. The number of methoxy groups -OCH3 is 1. The number of nitrogens with one attached hydrogen (secondary N) is 1. The molecular weight excluding hydrogens is 300 g/mol. The summed E-state index contributed by atoms with van der Waals surface area (Å²) in [5.41, 5.74) is 2.77. The predicted molar refractivity (Wildman–Crippen MR) is 94.3 cm³/mol. The molecule has 3 aromatic rings. The van der Waals surface area contributed by atoms with Crippen molar-refractivity contribution in [1.82, 2.24) is 9.88 Å². The number of fused-ring (bicyclic) bond motifs is 1. The van der Waals surface area contributed by atoms with Gasteiger partial charge < -0.3 is 14.6 Å². The molecule has 24 heavy (non-hydrogen) atoms. The number of rotatable bonds is 3. The Morgan fingerprint density at radius 2 is 2.00 bits per heavy atom. The molecule has 122 valence electrons. The lowest BCUT2D eigenvalue weighted by atomic mass is 10.0. The summed E-state index contributed by atoms with van der Waals surface area (Å²) in [6.07, 6.45) is 2.06. The van der Waals surface area contributed by atoms with Gasteiger partial charge >= 0.3 is 0 Å². The van der Waals surface area contributed by atoms with E-state index in [1.807, 2.05) is 47.4 Å². The molecule has 1 amide bonds. The van der Waals surface area contributed by atoms with Crippen molar-refractivity contribution in [2.75, 3.05) is 13.7 Å². The Morgan fingerprint density at radius 1 is 1.17 bits per heavy atom. The van der Waals surface area contributed by atoms with E-state index in [1.54, 1.807) is 7.11 Å². The van der Waals surface area contributed by atoms with E-state index in [0.29, 0.717) is 5.69 Å². The molecule has 1 saturated heterocycles. The van der Waals surface area contributed by atoms with Gasteiger partial charge in [0.05, 0.1) is 13.2 Å². The summed E-state index contributed by atoms with van der Waals surface area (Å²) in [5, 5.41) is 1.02. The Labute approximate surface area is 141 Å². The van der Waals surface area contributed by atoms with E-state index in [-0.39, 0.29) is 11.9 Å². The third-order valence-corrected chi connectivity index (χ3v) is 4.76. The Balaban J connectivity index is 1.65. The number of nitrogens with zero attached hydrogens (tertiary/aromatic N) is 1. The van der Waals surface area contributed by atoms with Crippen LogP contribution in [-0.2, 0) is 0 Å². The molecule has 0 spiro atoms. The van der Waals surface area contributed by atoms with Crippen molar-refractivity contribution in [2.45, 2.75) is 18.9 Å². The zero-order valence-corrected chi connectivity index (χ0v) is 13.7. The molecule has 4 rings (SSSR count). The van der Waals surface area contributed by atoms with Crippen LogP contribution < -0.4 is 4.74 Å². The molecule has 0 radical (unpaired) electrons. The zero-order chi connectivity index (χ0) is 16.5. The van der Waals surface area contributed by atoms with Crippen molar-refractivity contribution in [2.24, 2.45) is 0 Å². The molecule has 2 aromatic carbocycles. The summed E-state index contributed by atoms with van der Waals surface area (Å²) in [7, 11) is 1.64. The van der Waals surface area contributed by atoms with Gasteiger partial charge in [0.1, 0.15) is 11.4 Å². The number of aromatic amines is 1. The summed E-state index contributed by atoms with van der Waals surface area (Å²) in [6.45, 7) is 0.803. The lowest BCUT2D eigenvalue weighted by molar-refractivity contribution is 0.0730. The number of amides is 1. The van der Waals surface area contributed by atoms with E-state index < -0.39 is 0 Å². The molecule has 1 unspecified atom stereocenters. The Bertz CT molecular complexity index is 870. The molecule has 0 aliphatic carbocycles. The molecule has 2 heterocycles. The lowest BCUT2D eigenvalue weighted by Gasteiger charge is -2.24. The third kappa shape index (κ3) is 2.54. The molecule has 1 N–H and O–H groups in total. The Morgan fingerprint density at radius 3 is 2.79 bits per heavy atom. The molecule has 4 nitrogen and oxygen atoms in total. The molecule has 4 heteroatoms. The second-order valence-electron chi connectivity index (χ2n) is 6.20. The quantitative estimate of drug-likeness (QED) is 0.788. The normalized spacial score (nSPS) is 17.4. The number of likely N-dealkylation sites (tertiary alicyclic amines) is 1. The van der Waals surface area contributed by atoms with Crippen molar-refractivity contribution >= 4 is 16.8 Å². The predicted octanol–water partition coefficient (Wildman–Crippen LogP) is 4.15. The first kappa shape index (κ1) is 14.8. The van der Waals surface area contributed by atoms with Crippen LogP contribution in [0.4, 0.5) is 0 Å². The summed E-state index contributed by atoms with van der Waals surface area (Å²) in [5.74, 6) is 0.850. The SMILES string of the molecule is COc1ccc2cc(C(=O)N3CCCC3c3ccccc3)[nH]c2c1. The van der Waals surface area contributed by atoms with Crippen molar-refractivity contribution in [3.8, 4) is 5.75 Å². The molecule has 1 aliphatic rings. The monoisotopic (exact) mass is 320 g/mol. The number of carbonyl (C=O) groups is 1. The molecule has 0 saturated carbocycles. The van der Waals surface area contributed by atoms with Gasteiger partial charge in [-0.1, -0.05) is 30.3 Å². The number of carbonyl (C=O) groups excluding carboxylic acids is 1. The average Bonchev–Trinajstić information content (AvgIpc) is 3.28. The van der Waals surface area contributed by atoms with Gasteiger partial charge in [-0.15, -0.1) is 0 Å². The van der Waals surface area contributed by atoms with Gasteiger partial charge in [0, 0.05) is 23.5 Å². The summed E-state index contributed by atoms with van der Waals surface area (Å²) in [6, 6.07) is 18.2. The van der Waals surface area contributed by atoms with Gasteiger partial charge in [-0.2, -0.15) is 0 Å². The van der Waals surface area contributed by atoms with E-state index in [2.05, 4.69) is 17.1 Å². The van der Waals surface area contributed by atoms with Crippen LogP contribution in [0.5, 0.6) is 5.75 Å². The van der Waals surface area contributed by atoms with E-state index in [9.17, 15) is 4.79 Å². The van der Waals surface area contributed by atoms with Crippen molar-refractivity contribution in [3.63, 3.8) is 0 Å². The van der Waals surface area contributed by atoms with Crippen LogP contribution in [0.25, 0.3) is 10.9 Å². The van der Waals surface area contributed by atoms with Crippen molar-refractivity contribution in [1.29, 1.82) is 0 Å². The van der Waals surface area contributed by atoms with Crippen LogP contribution in [-0.4, -0.2) is 29.4 Å². The first-order chi connectivity index (χ1) is 11.8. The molecule has 0 bridgehead atoms. The first-order valence-corrected chi connectivity index (χ1v) is 8.29. The molecular formula is C20H20N2O2. The highest BCUT2D eigenvalue weighted by Crippen LogP contribution is 2.33. The highest BCUT2D eigenvalue weighted by Gasteiger charge is 2.31. The number of H-pyrrole nitrogens is 1. The van der Waals surface area contributed by atoms with Gasteiger partial charge in [-0.3, -0.25) is 4.79 Å². The van der Waals surface area contributed by atoms with Crippen LogP contribution >= 0.6 is 0 Å². The summed E-state index contributed by atoms with van der Waals surface area (Å²) >= 11 is 0. The van der Waals surface area contributed by atoms with E-state index >= 15 is 0 Å². The Kier molecular flexibility index (Phi) is 3.73.